The Morgan fingerprint density at radius 1 is 1.20 bits per heavy atom. The fourth-order valence-electron chi connectivity index (χ4n) is 2.78. The predicted molar refractivity (Wildman–Crippen MR) is 116 cm³/mol. The van der Waals surface area contributed by atoms with Gasteiger partial charge in [-0.15, -0.1) is 10.2 Å². The van der Waals surface area contributed by atoms with E-state index in [1.54, 1.807) is 18.5 Å². The van der Waals surface area contributed by atoms with Crippen molar-refractivity contribution in [3.63, 3.8) is 0 Å². The normalized spacial score (nSPS) is 11.6. The molecule has 3 rings (SSSR count). The SMILES string of the molecule is CC(C)Oc1ccc(NC(=NCc2nncn2C)NCCc2cccc(F)c2)cc1. The summed E-state index contributed by atoms with van der Waals surface area (Å²) in [5.74, 6) is 1.94. The molecule has 2 aromatic carbocycles. The number of aliphatic imine (C=N–C) groups is 1. The number of guanidine groups is 1. The van der Waals surface area contributed by atoms with Crippen molar-refractivity contribution in [2.45, 2.75) is 32.9 Å². The largest absolute Gasteiger partial charge is 0.491 e. The summed E-state index contributed by atoms with van der Waals surface area (Å²) in [4.78, 5) is 4.61. The Morgan fingerprint density at radius 2 is 2.00 bits per heavy atom. The number of aromatic nitrogens is 3. The van der Waals surface area contributed by atoms with Gasteiger partial charge in [-0.2, -0.15) is 0 Å². The van der Waals surface area contributed by atoms with Crippen LogP contribution < -0.4 is 15.4 Å². The number of hydrogen-bond acceptors (Lipinski definition) is 4. The molecule has 0 saturated heterocycles. The van der Waals surface area contributed by atoms with Gasteiger partial charge in [0, 0.05) is 19.3 Å². The molecule has 0 fully saturated rings. The summed E-state index contributed by atoms with van der Waals surface area (Å²) in [5.41, 5.74) is 1.80. The Bertz CT molecular complexity index is 968. The quantitative estimate of drug-likeness (QED) is 0.439. The topological polar surface area (TPSA) is 76.4 Å². The first-order valence-corrected chi connectivity index (χ1v) is 9.89. The van der Waals surface area contributed by atoms with E-state index < -0.39 is 0 Å². The van der Waals surface area contributed by atoms with Crippen LogP contribution in [0.1, 0.15) is 25.2 Å². The number of aryl methyl sites for hydroxylation is 1. The standard InChI is InChI=1S/C22H27FN6O/c1-16(2)30-20-9-7-19(8-10-20)27-22(25-14-21-28-26-15-29(21)3)24-12-11-17-5-4-6-18(23)13-17/h4-10,13,15-16H,11-12,14H2,1-3H3,(H2,24,25,27). The van der Waals surface area contributed by atoms with Gasteiger partial charge in [-0.25, -0.2) is 9.38 Å². The summed E-state index contributed by atoms with van der Waals surface area (Å²) >= 11 is 0. The van der Waals surface area contributed by atoms with Crippen LogP contribution in [0.5, 0.6) is 5.75 Å². The second-order valence-electron chi connectivity index (χ2n) is 7.15. The van der Waals surface area contributed by atoms with E-state index in [9.17, 15) is 4.39 Å². The molecule has 2 N–H and O–H groups in total. The number of anilines is 1. The van der Waals surface area contributed by atoms with Gasteiger partial charge < -0.3 is 19.9 Å². The van der Waals surface area contributed by atoms with Gasteiger partial charge >= 0.3 is 0 Å². The summed E-state index contributed by atoms with van der Waals surface area (Å²) in [6.07, 6.45) is 2.43. The number of nitrogens with one attached hydrogen (secondary N) is 2. The fourth-order valence-corrected chi connectivity index (χ4v) is 2.78. The van der Waals surface area contributed by atoms with Crippen molar-refractivity contribution in [3.8, 4) is 5.75 Å². The minimum Gasteiger partial charge on any atom is -0.491 e. The van der Waals surface area contributed by atoms with E-state index in [1.165, 1.54) is 6.07 Å². The van der Waals surface area contributed by atoms with E-state index in [2.05, 4.69) is 25.8 Å². The molecule has 3 aromatic rings. The van der Waals surface area contributed by atoms with E-state index in [-0.39, 0.29) is 11.9 Å². The van der Waals surface area contributed by atoms with Crippen LogP contribution in [0.3, 0.4) is 0 Å². The van der Waals surface area contributed by atoms with E-state index in [0.29, 0.717) is 25.5 Å². The number of nitrogens with zero attached hydrogens (tertiary/aromatic N) is 4. The number of ether oxygens (including phenoxy) is 1. The highest BCUT2D eigenvalue weighted by Gasteiger charge is 2.05. The molecule has 0 unspecified atom stereocenters. The molecule has 8 heteroatoms. The number of rotatable bonds is 8. The summed E-state index contributed by atoms with van der Waals surface area (Å²) in [6.45, 7) is 4.96. The first-order chi connectivity index (χ1) is 14.5. The zero-order valence-electron chi connectivity index (χ0n) is 17.5. The van der Waals surface area contributed by atoms with Crippen molar-refractivity contribution in [3.05, 3.63) is 72.1 Å². The second-order valence-corrected chi connectivity index (χ2v) is 7.15. The minimum atomic E-state index is -0.231. The van der Waals surface area contributed by atoms with Crippen LogP contribution >= 0.6 is 0 Å². The number of hydrogen-bond donors (Lipinski definition) is 2. The van der Waals surface area contributed by atoms with Crippen LogP contribution in [-0.4, -0.2) is 33.4 Å². The highest BCUT2D eigenvalue weighted by Crippen LogP contribution is 2.17. The van der Waals surface area contributed by atoms with Gasteiger partial charge in [0.05, 0.1) is 6.10 Å². The summed E-state index contributed by atoms with van der Waals surface area (Å²) in [7, 11) is 1.88. The zero-order valence-corrected chi connectivity index (χ0v) is 17.5. The Balaban J connectivity index is 1.66. The van der Waals surface area contributed by atoms with E-state index >= 15 is 0 Å². The van der Waals surface area contributed by atoms with Crippen LogP contribution in [0.15, 0.2) is 59.9 Å². The predicted octanol–water partition coefficient (Wildman–Crippen LogP) is 3.54. The Morgan fingerprint density at radius 3 is 2.67 bits per heavy atom. The van der Waals surface area contributed by atoms with Crippen molar-refractivity contribution >= 4 is 11.6 Å². The summed E-state index contributed by atoms with van der Waals surface area (Å²) in [6, 6.07) is 14.3. The fraction of sp³-hybridized carbons (Fsp3) is 0.318. The Kier molecular flexibility index (Phi) is 7.37. The molecule has 0 saturated carbocycles. The molecule has 0 aliphatic heterocycles. The molecular formula is C22H27FN6O. The van der Waals surface area contributed by atoms with Crippen molar-refractivity contribution in [2.75, 3.05) is 11.9 Å². The second kappa shape index (κ2) is 10.4. The maximum atomic E-state index is 13.4. The van der Waals surface area contributed by atoms with Crippen LogP contribution in [0.2, 0.25) is 0 Å². The minimum absolute atomic E-state index is 0.122. The zero-order chi connectivity index (χ0) is 21.3. The molecule has 0 amide bonds. The van der Waals surface area contributed by atoms with Crippen LogP contribution in [0.25, 0.3) is 0 Å². The third-order valence-corrected chi connectivity index (χ3v) is 4.27. The number of benzene rings is 2. The van der Waals surface area contributed by atoms with Gasteiger partial charge in [0.15, 0.2) is 11.8 Å². The average molecular weight is 410 g/mol. The van der Waals surface area contributed by atoms with Crippen LogP contribution in [0, 0.1) is 5.82 Å². The molecule has 1 aromatic heterocycles. The smallest absolute Gasteiger partial charge is 0.196 e. The molecule has 158 valence electrons. The first-order valence-electron chi connectivity index (χ1n) is 9.89. The van der Waals surface area contributed by atoms with Gasteiger partial charge in [-0.05, 0) is 62.2 Å². The molecule has 0 aliphatic carbocycles. The molecule has 0 bridgehead atoms. The lowest BCUT2D eigenvalue weighted by molar-refractivity contribution is 0.242. The molecular weight excluding hydrogens is 383 g/mol. The highest BCUT2D eigenvalue weighted by molar-refractivity contribution is 5.93. The summed E-state index contributed by atoms with van der Waals surface area (Å²) < 4.78 is 20.9. The van der Waals surface area contributed by atoms with Crippen LogP contribution in [0.4, 0.5) is 10.1 Å². The average Bonchev–Trinajstić information content (AvgIpc) is 3.12. The Labute approximate surface area is 176 Å². The molecule has 7 nitrogen and oxygen atoms in total. The summed E-state index contributed by atoms with van der Waals surface area (Å²) in [5, 5.41) is 14.5. The molecule has 0 spiro atoms. The maximum absolute atomic E-state index is 13.4. The lowest BCUT2D eigenvalue weighted by Crippen LogP contribution is -2.32. The molecule has 30 heavy (non-hydrogen) atoms. The van der Waals surface area contributed by atoms with Crippen molar-refractivity contribution in [2.24, 2.45) is 12.0 Å². The number of halogens is 1. The first kappa shape index (κ1) is 21.3. The molecule has 1 heterocycles. The van der Waals surface area contributed by atoms with E-state index in [0.717, 1.165) is 22.8 Å². The molecule has 0 aliphatic rings. The van der Waals surface area contributed by atoms with Gasteiger partial charge in [-0.3, -0.25) is 0 Å². The van der Waals surface area contributed by atoms with Crippen molar-refractivity contribution < 1.29 is 9.13 Å². The van der Waals surface area contributed by atoms with E-state index in [1.807, 2.05) is 55.8 Å². The monoisotopic (exact) mass is 410 g/mol. The van der Waals surface area contributed by atoms with Crippen LogP contribution in [-0.2, 0) is 20.0 Å². The van der Waals surface area contributed by atoms with Gasteiger partial charge in [0.2, 0.25) is 0 Å². The lowest BCUT2D eigenvalue weighted by atomic mass is 10.1. The van der Waals surface area contributed by atoms with Crippen molar-refractivity contribution in [1.29, 1.82) is 0 Å². The third kappa shape index (κ3) is 6.58. The Hall–Kier alpha value is -3.42. The van der Waals surface area contributed by atoms with Gasteiger partial charge in [0.1, 0.15) is 24.4 Å². The van der Waals surface area contributed by atoms with Gasteiger partial charge in [0.25, 0.3) is 0 Å². The maximum Gasteiger partial charge on any atom is 0.196 e. The van der Waals surface area contributed by atoms with E-state index in [4.69, 9.17) is 4.74 Å². The van der Waals surface area contributed by atoms with Crippen molar-refractivity contribution in [1.82, 2.24) is 20.1 Å². The highest BCUT2D eigenvalue weighted by atomic mass is 19.1. The lowest BCUT2D eigenvalue weighted by Gasteiger charge is -2.14. The van der Waals surface area contributed by atoms with Gasteiger partial charge in [-0.1, -0.05) is 12.1 Å². The molecule has 0 atom stereocenters. The molecule has 0 radical (unpaired) electrons. The third-order valence-electron chi connectivity index (χ3n) is 4.27.